The molecule has 0 unspecified atom stereocenters. The van der Waals surface area contributed by atoms with Gasteiger partial charge in [-0.15, -0.1) is 0 Å². The highest BCUT2D eigenvalue weighted by Gasteiger charge is 2.10. The van der Waals surface area contributed by atoms with Crippen molar-refractivity contribution in [3.05, 3.63) is 33.3 Å². The second-order valence-corrected chi connectivity index (χ2v) is 4.71. The number of nitro benzene ring substituents is 1. The van der Waals surface area contributed by atoms with Crippen LogP contribution in [0.5, 0.6) is 0 Å². The average Bonchev–Trinajstić information content (AvgIpc) is 2.39. The number of thiocarbonyl (C=S) groups is 2. The van der Waals surface area contributed by atoms with Gasteiger partial charge in [0.05, 0.1) is 15.6 Å². The predicted octanol–water partition coefficient (Wildman–Crippen LogP) is 1.93. The van der Waals surface area contributed by atoms with Gasteiger partial charge < -0.3 is 10.6 Å². The minimum absolute atomic E-state index is 0.0872. The highest BCUT2D eigenvalue weighted by Crippen LogP contribution is 2.26. The van der Waals surface area contributed by atoms with Crippen LogP contribution in [0.2, 0.25) is 5.02 Å². The first-order valence-electron chi connectivity index (χ1n) is 5.48. The summed E-state index contributed by atoms with van der Waals surface area (Å²) in [5, 5.41) is 17.1. The number of nitro groups is 1. The molecule has 1 aromatic carbocycles. The molecule has 1 aromatic rings. The summed E-state index contributed by atoms with van der Waals surface area (Å²) in [6, 6.07) is 4.02. The van der Waals surface area contributed by atoms with Gasteiger partial charge in [-0.1, -0.05) is 11.6 Å². The number of hydrogen-bond donors (Lipinski definition) is 4. The summed E-state index contributed by atoms with van der Waals surface area (Å²) < 4.78 is 0. The number of rotatable bonds is 3. The average molecular weight is 334 g/mol. The van der Waals surface area contributed by atoms with E-state index in [1.54, 1.807) is 0 Å². The van der Waals surface area contributed by atoms with E-state index in [1.165, 1.54) is 18.2 Å². The van der Waals surface area contributed by atoms with Crippen LogP contribution in [0.25, 0.3) is 0 Å². The van der Waals surface area contributed by atoms with Crippen LogP contribution < -0.4 is 21.5 Å². The van der Waals surface area contributed by atoms with Crippen LogP contribution in [-0.2, 0) is 0 Å². The fourth-order valence-corrected chi connectivity index (χ4v) is 1.72. The Morgan fingerprint density at radius 2 is 2.00 bits per heavy atom. The Balaban J connectivity index is 2.63. The van der Waals surface area contributed by atoms with Crippen LogP contribution in [0.15, 0.2) is 18.2 Å². The normalized spacial score (nSPS) is 9.50. The molecule has 4 N–H and O–H groups in total. The third-order valence-corrected chi connectivity index (χ3v) is 2.82. The summed E-state index contributed by atoms with van der Waals surface area (Å²) in [5.74, 6) is 0. The topological polar surface area (TPSA) is 91.3 Å². The summed E-state index contributed by atoms with van der Waals surface area (Å²) in [6.45, 7) is 2.57. The van der Waals surface area contributed by atoms with Crippen molar-refractivity contribution in [2.24, 2.45) is 0 Å². The van der Waals surface area contributed by atoms with Gasteiger partial charge in [-0.05, 0) is 37.4 Å². The maximum Gasteiger partial charge on any atom is 0.271 e. The lowest BCUT2D eigenvalue weighted by atomic mass is 10.3. The summed E-state index contributed by atoms with van der Waals surface area (Å²) in [6.07, 6.45) is 0. The zero-order valence-electron chi connectivity index (χ0n) is 10.4. The first-order chi connectivity index (χ1) is 9.43. The first-order valence-corrected chi connectivity index (χ1v) is 6.68. The molecule has 0 aliphatic carbocycles. The molecule has 108 valence electrons. The van der Waals surface area contributed by atoms with Crippen LogP contribution in [0.3, 0.4) is 0 Å². The van der Waals surface area contributed by atoms with Crippen molar-refractivity contribution in [2.75, 3.05) is 11.9 Å². The number of nitrogens with zero attached hydrogens (tertiary/aromatic N) is 1. The molecule has 0 aliphatic heterocycles. The molecule has 0 heterocycles. The van der Waals surface area contributed by atoms with E-state index in [0.717, 1.165) is 0 Å². The Hall–Kier alpha value is -1.71. The first kappa shape index (κ1) is 16.3. The lowest BCUT2D eigenvalue weighted by Crippen LogP contribution is -2.48. The minimum atomic E-state index is -0.517. The van der Waals surface area contributed by atoms with Gasteiger partial charge in [-0.2, -0.15) is 0 Å². The van der Waals surface area contributed by atoms with E-state index >= 15 is 0 Å². The van der Waals surface area contributed by atoms with Gasteiger partial charge in [-0.3, -0.25) is 21.0 Å². The molecule has 1 rings (SSSR count). The third kappa shape index (κ3) is 5.11. The summed E-state index contributed by atoms with van der Waals surface area (Å²) >= 11 is 15.9. The Labute approximate surface area is 131 Å². The molecule has 0 aliphatic rings. The lowest BCUT2D eigenvalue weighted by Gasteiger charge is -2.14. The predicted molar refractivity (Wildman–Crippen MR) is 86.9 cm³/mol. The van der Waals surface area contributed by atoms with E-state index in [2.05, 4.69) is 21.5 Å². The van der Waals surface area contributed by atoms with Gasteiger partial charge in [0, 0.05) is 18.7 Å². The van der Waals surface area contributed by atoms with Crippen LogP contribution in [0, 0.1) is 10.1 Å². The van der Waals surface area contributed by atoms with Crippen LogP contribution >= 0.6 is 36.0 Å². The maximum absolute atomic E-state index is 10.7. The molecular formula is C10H12ClN5O2S2. The van der Waals surface area contributed by atoms with Crippen LogP contribution in [0.4, 0.5) is 11.4 Å². The molecule has 0 fully saturated rings. The Kier molecular flexibility index (Phi) is 6.36. The molecule has 0 bridgehead atoms. The largest absolute Gasteiger partial charge is 0.362 e. The van der Waals surface area contributed by atoms with Gasteiger partial charge >= 0.3 is 0 Å². The van der Waals surface area contributed by atoms with Gasteiger partial charge in [0.15, 0.2) is 10.2 Å². The van der Waals surface area contributed by atoms with E-state index in [9.17, 15) is 10.1 Å². The van der Waals surface area contributed by atoms with E-state index in [1.807, 2.05) is 6.92 Å². The van der Waals surface area contributed by atoms with Crippen LogP contribution in [-0.4, -0.2) is 21.7 Å². The highest BCUT2D eigenvalue weighted by molar-refractivity contribution is 7.80. The molecule has 7 nitrogen and oxygen atoms in total. The Bertz CT molecular complexity index is 540. The van der Waals surface area contributed by atoms with E-state index < -0.39 is 4.92 Å². The zero-order valence-corrected chi connectivity index (χ0v) is 12.8. The highest BCUT2D eigenvalue weighted by atomic mass is 35.5. The summed E-state index contributed by atoms with van der Waals surface area (Å²) in [7, 11) is 0. The van der Waals surface area contributed by atoms with Crippen LogP contribution in [0.1, 0.15) is 6.92 Å². The SMILES string of the molecule is CCNC(=S)NNC(=S)Nc1cc([N+](=O)[O-])ccc1Cl. The second kappa shape index (κ2) is 7.78. The van der Waals surface area contributed by atoms with Gasteiger partial charge in [0.2, 0.25) is 0 Å². The quantitative estimate of drug-likeness (QED) is 0.379. The Morgan fingerprint density at radius 3 is 2.60 bits per heavy atom. The molecule has 0 amide bonds. The monoisotopic (exact) mass is 333 g/mol. The van der Waals surface area contributed by atoms with Gasteiger partial charge in [-0.25, -0.2) is 0 Å². The molecule has 0 saturated heterocycles. The Morgan fingerprint density at radius 1 is 1.35 bits per heavy atom. The number of nitrogens with one attached hydrogen (secondary N) is 4. The molecule has 20 heavy (non-hydrogen) atoms. The van der Waals surface area contributed by atoms with Gasteiger partial charge in [0.1, 0.15) is 0 Å². The van der Waals surface area contributed by atoms with Crippen molar-refractivity contribution in [1.29, 1.82) is 0 Å². The molecular weight excluding hydrogens is 322 g/mol. The van der Waals surface area contributed by atoms with Crippen molar-refractivity contribution >= 4 is 57.6 Å². The van der Waals surface area contributed by atoms with Crippen molar-refractivity contribution in [1.82, 2.24) is 16.2 Å². The fourth-order valence-electron chi connectivity index (χ4n) is 1.19. The van der Waals surface area contributed by atoms with Gasteiger partial charge in [0.25, 0.3) is 5.69 Å². The zero-order chi connectivity index (χ0) is 15.1. The molecule has 0 saturated carbocycles. The second-order valence-electron chi connectivity index (χ2n) is 3.48. The van der Waals surface area contributed by atoms with E-state index in [4.69, 9.17) is 36.0 Å². The minimum Gasteiger partial charge on any atom is -0.362 e. The van der Waals surface area contributed by atoms with Crippen molar-refractivity contribution < 1.29 is 4.92 Å². The molecule has 0 radical (unpaired) electrons. The van der Waals surface area contributed by atoms with E-state index in [-0.39, 0.29) is 10.8 Å². The van der Waals surface area contributed by atoms with Crippen molar-refractivity contribution in [3.63, 3.8) is 0 Å². The molecule has 0 spiro atoms. The number of hydrazine groups is 1. The molecule has 0 aromatic heterocycles. The number of benzene rings is 1. The fraction of sp³-hybridized carbons (Fsp3) is 0.200. The smallest absolute Gasteiger partial charge is 0.271 e. The molecule has 10 heteroatoms. The maximum atomic E-state index is 10.7. The van der Waals surface area contributed by atoms with E-state index in [0.29, 0.717) is 22.4 Å². The summed E-state index contributed by atoms with van der Waals surface area (Å²) in [4.78, 5) is 10.2. The third-order valence-electron chi connectivity index (χ3n) is 2.04. The standard InChI is InChI=1S/C10H12ClN5O2S2/c1-2-12-9(19)14-15-10(20)13-8-5-6(16(17)18)3-4-7(8)11/h3-5H,2H2,1H3,(H2,12,14,19)(H2,13,15,20). The number of hydrogen-bond acceptors (Lipinski definition) is 4. The van der Waals surface area contributed by atoms with Crippen molar-refractivity contribution in [3.8, 4) is 0 Å². The molecule has 0 atom stereocenters. The summed E-state index contributed by atoms with van der Waals surface area (Å²) in [5.41, 5.74) is 5.52. The van der Waals surface area contributed by atoms with Crippen molar-refractivity contribution in [2.45, 2.75) is 6.92 Å². The lowest BCUT2D eigenvalue weighted by molar-refractivity contribution is -0.384. The number of non-ortho nitro benzene ring substituents is 1. The number of anilines is 1. The number of halogens is 1.